The Morgan fingerprint density at radius 1 is 1.03 bits per heavy atom. The number of anilines is 1. The highest BCUT2D eigenvalue weighted by molar-refractivity contribution is 7.89. The number of carbonyl (C=O) groups excluding carboxylic acids is 2. The van der Waals surface area contributed by atoms with Gasteiger partial charge in [-0.1, -0.05) is 13.8 Å². The fourth-order valence-corrected chi connectivity index (χ4v) is 4.40. The predicted molar refractivity (Wildman–Crippen MR) is 134 cm³/mol. The molecule has 1 saturated heterocycles. The number of amides is 1. The summed E-state index contributed by atoms with van der Waals surface area (Å²) in [6.45, 7) is 4.59. The van der Waals surface area contributed by atoms with Gasteiger partial charge in [0.25, 0.3) is 11.7 Å². The van der Waals surface area contributed by atoms with Crippen LogP contribution in [0.25, 0.3) is 5.76 Å². The number of hydrogen-bond acceptors (Lipinski definition) is 7. The molecule has 0 saturated carbocycles. The van der Waals surface area contributed by atoms with Gasteiger partial charge in [-0.05, 0) is 72.1 Å². The Morgan fingerprint density at radius 2 is 1.64 bits per heavy atom. The minimum Gasteiger partial charge on any atom is -0.507 e. The Labute approximate surface area is 208 Å². The Bertz CT molecular complexity index is 1420. The number of rotatable bonds is 7. The van der Waals surface area contributed by atoms with Crippen molar-refractivity contribution in [3.05, 3.63) is 89.8 Å². The zero-order chi connectivity index (χ0) is 26.0. The third-order valence-electron chi connectivity index (χ3n) is 5.62. The molecule has 1 amide bonds. The molecule has 186 valence electrons. The van der Waals surface area contributed by atoms with Gasteiger partial charge in [0, 0.05) is 23.6 Å². The summed E-state index contributed by atoms with van der Waals surface area (Å²) in [5.41, 5.74) is 1.05. The zero-order valence-corrected chi connectivity index (χ0v) is 20.5. The van der Waals surface area contributed by atoms with Crippen LogP contribution in [0.5, 0.6) is 5.75 Å². The van der Waals surface area contributed by atoms with Crippen molar-refractivity contribution in [1.82, 2.24) is 4.98 Å². The van der Waals surface area contributed by atoms with Crippen molar-refractivity contribution < 1.29 is 27.9 Å². The first-order valence-corrected chi connectivity index (χ1v) is 12.7. The van der Waals surface area contributed by atoms with Crippen LogP contribution in [0, 0.1) is 5.92 Å². The van der Waals surface area contributed by atoms with E-state index in [4.69, 9.17) is 9.88 Å². The molecule has 0 aliphatic carbocycles. The fourth-order valence-electron chi connectivity index (χ4n) is 3.88. The summed E-state index contributed by atoms with van der Waals surface area (Å²) in [4.78, 5) is 31.4. The van der Waals surface area contributed by atoms with Crippen LogP contribution in [0.4, 0.5) is 5.69 Å². The lowest BCUT2D eigenvalue weighted by Crippen LogP contribution is -2.29. The van der Waals surface area contributed by atoms with E-state index in [0.717, 1.165) is 0 Å². The number of carbonyl (C=O) groups is 2. The highest BCUT2D eigenvalue weighted by atomic mass is 32.2. The molecule has 0 bridgehead atoms. The van der Waals surface area contributed by atoms with Gasteiger partial charge in [0.15, 0.2) is 0 Å². The van der Waals surface area contributed by atoms with E-state index in [-0.39, 0.29) is 21.9 Å². The average molecular weight is 508 g/mol. The number of pyridine rings is 1. The Hall–Kier alpha value is -4.02. The summed E-state index contributed by atoms with van der Waals surface area (Å²) >= 11 is 0. The molecule has 2 heterocycles. The second-order valence-corrected chi connectivity index (χ2v) is 10.3. The lowest BCUT2D eigenvalue weighted by Gasteiger charge is -2.25. The Kier molecular flexibility index (Phi) is 6.91. The van der Waals surface area contributed by atoms with Crippen LogP contribution in [-0.2, 0) is 19.6 Å². The maximum atomic E-state index is 13.2. The molecule has 10 heteroatoms. The van der Waals surface area contributed by atoms with E-state index in [2.05, 4.69) is 4.98 Å². The van der Waals surface area contributed by atoms with Crippen molar-refractivity contribution in [1.29, 1.82) is 0 Å². The van der Waals surface area contributed by atoms with E-state index in [9.17, 15) is 23.1 Å². The molecule has 3 aromatic rings. The van der Waals surface area contributed by atoms with Crippen molar-refractivity contribution in [2.24, 2.45) is 11.1 Å². The first-order chi connectivity index (χ1) is 17.1. The smallest absolute Gasteiger partial charge is 0.300 e. The average Bonchev–Trinajstić information content (AvgIpc) is 3.13. The molecule has 1 fully saturated rings. The minimum absolute atomic E-state index is 0.0995. The van der Waals surface area contributed by atoms with Crippen molar-refractivity contribution in [2.45, 2.75) is 24.8 Å². The van der Waals surface area contributed by atoms with Crippen LogP contribution in [0.15, 0.2) is 83.5 Å². The molecule has 1 unspecified atom stereocenters. The number of nitrogens with zero attached hydrogens (tertiary/aromatic N) is 2. The van der Waals surface area contributed by atoms with Gasteiger partial charge in [-0.15, -0.1) is 0 Å². The van der Waals surface area contributed by atoms with Gasteiger partial charge in [0.1, 0.15) is 11.5 Å². The van der Waals surface area contributed by atoms with E-state index < -0.39 is 27.8 Å². The normalized spacial score (nSPS) is 17.6. The molecule has 1 aliphatic rings. The van der Waals surface area contributed by atoms with E-state index in [1.54, 1.807) is 36.4 Å². The number of hydrogen-bond donors (Lipinski definition) is 2. The summed E-state index contributed by atoms with van der Waals surface area (Å²) in [6.07, 6.45) is 3.03. The summed E-state index contributed by atoms with van der Waals surface area (Å²) < 4.78 is 29.0. The lowest BCUT2D eigenvalue weighted by atomic mass is 9.95. The summed E-state index contributed by atoms with van der Waals surface area (Å²) in [5, 5.41) is 16.4. The van der Waals surface area contributed by atoms with Gasteiger partial charge >= 0.3 is 0 Å². The molecule has 3 N–H and O–H groups in total. The second-order valence-electron chi connectivity index (χ2n) is 8.72. The zero-order valence-electron chi connectivity index (χ0n) is 19.7. The van der Waals surface area contributed by atoms with Gasteiger partial charge in [-0.3, -0.25) is 19.5 Å². The van der Waals surface area contributed by atoms with Crippen LogP contribution in [0.3, 0.4) is 0 Å². The SMILES string of the molecule is CC(C)COc1ccc(/C(O)=C2\C(=O)C(=O)N(c3ccc(S(N)(=O)=O)cc3)C2c2ccncc2)cc1. The van der Waals surface area contributed by atoms with Crippen LogP contribution in [0.2, 0.25) is 0 Å². The maximum absolute atomic E-state index is 13.2. The van der Waals surface area contributed by atoms with Gasteiger partial charge in [0.2, 0.25) is 10.0 Å². The van der Waals surface area contributed by atoms with Crippen molar-refractivity contribution in [3.8, 4) is 5.75 Å². The van der Waals surface area contributed by atoms with E-state index in [0.29, 0.717) is 29.4 Å². The molecule has 0 spiro atoms. The van der Waals surface area contributed by atoms with Crippen molar-refractivity contribution in [2.75, 3.05) is 11.5 Å². The lowest BCUT2D eigenvalue weighted by molar-refractivity contribution is -0.132. The predicted octanol–water partition coefficient (Wildman–Crippen LogP) is 3.39. The van der Waals surface area contributed by atoms with Crippen LogP contribution in [0.1, 0.15) is 31.0 Å². The highest BCUT2D eigenvalue weighted by Gasteiger charge is 2.47. The van der Waals surface area contributed by atoms with E-state index in [1.165, 1.54) is 41.6 Å². The Balaban J connectivity index is 1.80. The molecule has 4 rings (SSSR count). The highest BCUT2D eigenvalue weighted by Crippen LogP contribution is 2.42. The molecule has 9 nitrogen and oxygen atoms in total. The number of sulfonamides is 1. The standard InChI is InChI=1S/C26H25N3O6S/c1-16(2)15-35-20-7-3-18(4-8-20)24(30)22-23(17-11-13-28-14-12-17)29(26(32)25(22)31)19-5-9-21(10-6-19)36(27,33)34/h3-14,16,23,30H,15H2,1-2H3,(H2,27,33,34)/b24-22+. The number of primary sulfonamides is 1. The minimum atomic E-state index is -3.94. The van der Waals surface area contributed by atoms with Crippen molar-refractivity contribution in [3.63, 3.8) is 0 Å². The van der Waals surface area contributed by atoms with Gasteiger partial charge < -0.3 is 9.84 Å². The number of aliphatic hydroxyl groups excluding tert-OH is 1. The largest absolute Gasteiger partial charge is 0.507 e. The first kappa shape index (κ1) is 25.1. The monoisotopic (exact) mass is 507 g/mol. The molecule has 0 radical (unpaired) electrons. The third kappa shape index (κ3) is 5.00. The van der Waals surface area contributed by atoms with E-state index >= 15 is 0 Å². The molecular weight excluding hydrogens is 482 g/mol. The third-order valence-corrected chi connectivity index (χ3v) is 6.55. The molecule has 1 aliphatic heterocycles. The summed E-state index contributed by atoms with van der Waals surface area (Å²) in [6, 6.07) is 14.2. The molecule has 1 atom stereocenters. The molecule has 36 heavy (non-hydrogen) atoms. The van der Waals surface area contributed by atoms with Gasteiger partial charge in [0.05, 0.1) is 23.1 Å². The van der Waals surface area contributed by atoms with Crippen molar-refractivity contribution >= 4 is 33.2 Å². The number of benzene rings is 2. The van der Waals surface area contributed by atoms with Crippen LogP contribution < -0.4 is 14.8 Å². The molecule has 2 aromatic carbocycles. The quantitative estimate of drug-likeness (QED) is 0.284. The summed E-state index contributed by atoms with van der Waals surface area (Å²) in [7, 11) is -3.94. The number of ether oxygens (including phenoxy) is 1. The van der Waals surface area contributed by atoms with Gasteiger partial charge in [-0.2, -0.15) is 0 Å². The number of Topliss-reactive ketones (excluding diaryl/α,β-unsaturated/α-hetero) is 1. The Morgan fingerprint density at radius 3 is 2.19 bits per heavy atom. The van der Waals surface area contributed by atoms with Gasteiger partial charge in [-0.25, -0.2) is 13.6 Å². The molecule has 1 aromatic heterocycles. The topological polar surface area (TPSA) is 140 Å². The number of ketones is 1. The fraction of sp³-hybridized carbons (Fsp3) is 0.192. The van der Waals surface area contributed by atoms with E-state index in [1.807, 2.05) is 13.8 Å². The van der Waals surface area contributed by atoms with Crippen LogP contribution in [-0.4, -0.2) is 36.8 Å². The maximum Gasteiger partial charge on any atom is 0.300 e. The summed E-state index contributed by atoms with van der Waals surface area (Å²) in [5.74, 6) is -1.12. The van der Waals surface area contributed by atoms with Crippen LogP contribution >= 0.6 is 0 Å². The first-order valence-electron chi connectivity index (χ1n) is 11.1. The second kappa shape index (κ2) is 9.92. The number of aliphatic hydroxyl groups is 1. The number of aromatic nitrogens is 1. The molecular formula is C26H25N3O6S. The number of nitrogens with two attached hydrogens (primary N) is 1.